The van der Waals surface area contributed by atoms with E-state index in [1.165, 1.54) is 31.2 Å². The third kappa shape index (κ3) is 4.19. The Hall–Kier alpha value is -2.31. The van der Waals surface area contributed by atoms with Gasteiger partial charge in [0, 0.05) is 6.54 Å². The molecule has 1 aliphatic carbocycles. The van der Waals surface area contributed by atoms with Crippen LogP contribution in [-0.4, -0.2) is 25.1 Å². The number of piperidine rings is 1. The minimum atomic E-state index is -0.362. The average Bonchev–Trinajstić information content (AvgIpc) is 2.80. The van der Waals surface area contributed by atoms with E-state index in [2.05, 4.69) is 53.4 Å². The van der Waals surface area contributed by atoms with Crippen molar-refractivity contribution >= 4 is 0 Å². The Labute approximate surface area is 175 Å². The van der Waals surface area contributed by atoms with Crippen molar-refractivity contribution in [2.24, 2.45) is 11.8 Å². The fourth-order valence-corrected chi connectivity index (χ4v) is 5.66. The zero-order valence-corrected chi connectivity index (χ0v) is 17.5. The number of nitriles is 1. The third-order valence-corrected chi connectivity index (χ3v) is 7.20. The summed E-state index contributed by atoms with van der Waals surface area (Å²) in [6.07, 6.45) is 6.95. The zero-order valence-electron chi connectivity index (χ0n) is 17.5. The second-order valence-electron chi connectivity index (χ2n) is 8.77. The summed E-state index contributed by atoms with van der Waals surface area (Å²) in [5.41, 5.74) is 2.20. The summed E-state index contributed by atoms with van der Waals surface area (Å²) in [7, 11) is 1.71. The Morgan fingerprint density at radius 2 is 1.83 bits per heavy atom. The molecule has 0 N–H and O–H groups in total. The minimum absolute atomic E-state index is 0.362. The normalized spacial score (nSPS) is 26.0. The summed E-state index contributed by atoms with van der Waals surface area (Å²) in [6, 6.07) is 21.9. The Kier molecular flexibility index (Phi) is 6.21. The van der Waals surface area contributed by atoms with Crippen LogP contribution in [0.1, 0.15) is 49.7 Å². The molecule has 2 aliphatic rings. The predicted molar refractivity (Wildman–Crippen MR) is 117 cm³/mol. The van der Waals surface area contributed by atoms with Gasteiger partial charge in [-0.15, -0.1) is 0 Å². The molecule has 1 heterocycles. The molecule has 3 heteroatoms. The van der Waals surface area contributed by atoms with Crippen molar-refractivity contribution < 1.29 is 4.74 Å². The number of nitrogens with zero attached hydrogens (tertiary/aromatic N) is 2. The number of likely N-dealkylation sites (tertiary alicyclic amines) is 1. The van der Waals surface area contributed by atoms with Crippen molar-refractivity contribution in [2.45, 2.75) is 50.5 Å². The third-order valence-electron chi connectivity index (χ3n) is 7.20. The minimum Gasteiger partial charge on any atom is -0.497 e. The predicted octanol–water partition coefficient (Wildman–Crippen LogP) is 5.56. The highest BCUT2D eigenvalue weighted by Crippen LogP contribution is 2.49. The maximum Gasteiger partial charge on any atom is 0.119 e. The van der Waals surface area contributed by atoms with Gasteiger partial charge in [-0.1, -0.05) is 55.3 Å². The smallest absolute Gasteiger partial charge is 0.119 e. The summed E-state index contributed by atoms with van der Waals surface area (Å²) in [5.74, 6) is 1.94. The Morgan fingerprint density at radius 1 is 1.03 bits per heavy atom. The lowest BCUT2D eigenvalue weighted by atomic mass is 9.58. The van der Waals surface area contributed by atoms with E-state index in [0.717, 1.165) is 43.8 Å². The second kappa shape index (κ2) is 9.01. The summed E-state index contributed by atoms with van der Waals surface area (Å²) in [4.78, 5) is 2.58. The van der Waals surface area contributed by atoms with Gasteiger partial charge in [0.25, 0.3) is 0 Å². The summed E-state index contributed by atoms with van der Waals surface area (Å²) >= 11 is 0. The van der Waals surface area contributed by atoms with Crippen molar-refractivity contribution in [1.29, 1.82) is 5.26 Å². The topological polar surface area (TPSA) is 36.3 Å². The SMILES string of the molecule is COc1cccc(C2(C#N)CCCCC2C2CCN(Cc3ccccc3)CC2)c1. The quantitative estimate of drug-likeness (QED) is 0.673. The lowest BCUT2D eigenvalue weighted by Crippen LogP contribution is -2.45. The molecule has 2 fully saturated rings. The molecule has 2 unspecified atom stereocenters. The van der Waals surface area contributed by atoms with E-state index in [4.69, 9.17) is 4.74 Å². The van der Waals surface area contributed by atoms with Crippen LogP contribution in [0.15, 0.2) is 54.6 Å². The van der Waals surface area contributed by atoms with Crippen LogP contribution < -0.4 is 4.74 Å². The summed E-state index contributed by atoms with van der Waals surface area (Å²) in [6.45, 7) is 3.31. The van der Waals surface area contributed by atoms with Gasteiger partial charge in [-0.3, -0.25) is 4.90 Å². The van der Waals surface area contributed by atoms with Crippen LogP contribution in [0.2, 0.25) is 0 Å². The van der Waals surface area contributed by atoms with Gasteiger partial charge in [0.05, 0.1) is 18.6 Å². The van der Waals surface area contributed by atoms with E-state index in [0.29, 0.717) is 11.8 Å². The number of benzene rings is 2. The Bertz CT molecular complexity index is 835. The van der Waals surface area contributed by atoms with Crippen LogP contribution in [-0.2, 0) is 12.0 Å². The van der Waals surface area contributed by atoms with E-state index in [9.17, 15) is 5.26 Å². The van der Waals surface area contributed by atoms with Crippen LogP contribution in [0.25, 0.3) is 0 Å². The summed E-state index contributed by atoms with van der Waals surface area (Å²) in [5, 5.41) is 10.4. The van der Waals surface area contributed by atoms with Gasteiger partial charge in [-0.05, 0) is 73.9 Å². The Balaban J connectivity index is 1.50. The number of methoxy groups -OCH3 is 1. The highest BCUT2D eigenvalue weighted by Gasteiger charge is 2.46. The number of hydrogen-bond donors (Lipinski definition) is 0. The first-order chi connectivity index (χ1) is 14.2. The Morgan fingerprint density at radius 3 is 2.55 bits per heavy atom. The maximum atomic E-state index is 10.4. The summed E-state index contributed by atoms with van der Waals surface area (Å²) < 4.78 is 5.47. The van der Waals surface area contributed by atoms with Gasteiger partial charge in [-0.2, -0.15) is 5.26 Å². The number of rotatable bonds is 5. The van der Waals surface area contributed by atoms with Crippen LogP contribution in [0.4, 0.5) is 0 Å². The van der Waals surface area contributed by atoms with Gasteiger partial charge in [0.1, 0.15) is 5.75 Å². The van der Waals surface area contributed by atoms with Gasteiger partial charge in [0.2, 0.25) is 0 Å². The van der Waals surface area contributed by atoms with Crippen molar-refractivity contribution in [3.05, 3.63) is 65.7 Å². The van der Waals surface area contributed by atoms with E-state index < -0.39 is 0 Å². The van der Waals surface area contributed by atoms with Crippen LogP contribution >= 0.6 is 0 Å². The molecule has 0 radical (unpaired) electrons. The molecule has 1 saturated heterocycles. The molecule has 4 rings (SSSR count). The lowest BCUT2D eigenvalue weighted by Gasteiger charge is -2.46. The first-order valence-corrected chi connectivity index (χ1v) is 11.1. The first kappa shape index (κ1) is 20.0. The molecular weight excluding hydrogens is 356 g/mol. The van der Waals surface area contributed by atoms with Gasteiger partial charge in [-0.25, -0.2) is 0 Å². The zero-order chi connectivity index (χ0) is 20.1. The molecule has 1 aliphatic heterocycles. The molecule has 1 saturated carbocycles. The highest BCUT2D eigenvalue weighted by molar-refractivity contribution is 5.40. The lowest BCUT2D eigenvalue weighted by molar-refractivity contribution is 0.0882. The van der Waals surface area contributed by atoms with E-state index in [-0.39, 0.29) is 5.41 Å². The van der Waals surface area contributed by atoms with Crippen LogP contribution in [0, 0.1) is 23.2 Å². The van der Waals surface area contributed by atoms with Crippen molar-refractivity contribution in [2.75, 3.05) is 20.2 Å². The molecule has 29 heavy (non-hydrogen) atoms. The molecule has 0 spiro atoms. The molecule has 0 amide bonds. The molecule has 3 nitrogen and oxygen atoms in total. The first-order valence-electron chi connectivity index (χ1n) is 11.1. The van der Waals surface area contributed by atoms with Crippen molar-refractivity contribution in [3.8, 4) is 11.8 Å². The highest BCUT2D eigenvalue weighted by atomic mass is 16.5. The molecular formula is C26H32N2O. The van der Waals surface area contributed by atoms with Crippen LogP contribution in [0.5, 0.6) is 5.75 Å². The largest absolute Gasteiger partial charge is 0.497 e. The molecule has 0 aromatic heterocycles. The molecule has 152 valence electrons. The van der Waals surface area contributed by atoms with E-state index in [1.807, 2.05) is 12.1 Å². The van der Waals surface area contributed by atoms with E-state index >= 15 is 0 Å². The fraction of sp³-hybridized carbons (Fsp3) is 0.500. The molecule has 0 bridgehead atoms. The van der Waals surface area contributed by atoms with Gasteiger partial charge >= 0.3 is 0 Å². The number of ether oxygens (including phenoxy) is 1. The van der Waals surface area contributed by atoms with Gasteiger partial charge < -0.3 is 4.74 Å². The molecule has 2 aromatic rings. The maximum absolute atomic E-state index is 10.4. The van der Waals surface area contributed by atoms with E-state index in [1.54, 1.807) is 7.11 Å². The molecule has 2 aromatic carbocycles. The number of hydrogen-bond acceptors (Lipinski definition) is 3. The standard InChI is InChI=1S/C26H32N2O/c1-29-24-11-7-10-23(18-24)26(20-27)15-6-5-12-25(26)22-13-16-28(17-14-22)19-21-8-3-2-4-9-21/h2-4,7-11,18,22,25H,5-6,12-17,19H2,1H3. The second-order valence-corrected chi connectivity index (χ2v) is 8.77. The molecule has 2 atom stereocenters. The average molecular weight is 389 g/mol. The monoisotopic (exact) mass is 388 g/mol. The van der Waals surface area contributed by atoms with Crippen LogP contribution in [0.3, 0.4) is 0 Å². The van der Waals surface area contributed by atoms with Crippen molar-refractivity contribution in [1.82, 2.24) is 4.90 Å². The van der Waals surface area contributed by atoms with Crippen molar-refractivity contribution in [3.63, 3.8) is 0 Å². The van der Waals surface area contributed by atoms with Gasteiger partial charge in [0.15, 0.2) is 0 Å². The fourth-order valence-electron chi connectivity index (χ4n) is 5.66.